The van der Waals surface area contributed by atoms with Gasteiger partial charge in [-0.25, -0.2) is 0 Å². The van der Waals surface area contributed by atoms with Crippen molar-refractivity contribution in [3.8, 4) is 0 Å². The molecule has 0 atom stereocenters. The van der Waals surface area contributed by atoms with E-state index in [1.807, 2.05) is 26.2 Å². The first-order valence-corrected chi connectivity index (χ1v) is 5.60. The second-order valence-electron chi connectivity index (χ2n) is 5.57. The van der Waals surface area contributed by atoms with Crippen molar-refractivity contribution in [3.05, 3.63) is 18.2 Å². The van der Waals surface area contributed by atoms with Crippen LogP contribution in [0, 0.1) is 0 Å². The average molecular weight is 237 g/mol. The summed E-state index contributed by atoms with van der Waals surface area (Å²) in [5, 5.41) is 14.5. The van der Waals surface area contributed by atoms with Gasteiger partial charge in [0, 0.05) is 17.8 Å². The molecule has 1 aliphatic heterocycles. The molecule has 0 aromatic carbocycles. The Morgan fingerprint density at radius 3 is 2.12 bits per heavy atom. The second-order valence-corrected chi connectivity index (χ2v) is 5.57. The normalized spacial score (nSPS) is 17.0. The van der Waals surface area contributed by atoms with Gasteiger partial charge < -0.3 is 10.9 Å². The van der Waals surface area contributed by atoms with Gasteiger partial charge in [-0.2, -0.15) is 0 Å². The molecule has 1 aliphatic rings. The summed E-state index contributed by atoms with van der Waals surface area (Å²) in [5.74, 6) is 0.734. The first-order valence-electron chi connectivity index (χ1n) is 5.60. The van der Waals surface area contributed by atoms with E-state index in [-0.39, 0.29) is 5.41 Å². The van der Waals surface area contributed by atoms with Crippen LogP contribution in [0.1, 0.15) is 40.4 Å². The first-order chi connectivity index (χ1) is 7.82. The van der Waals surface area contributed by atoms with Gasteiger partial charge in [-0.1, -0.05) is 20.8 Å². The fourth-order valence-corrected chi connectivity index (χ4v) is 1.41. The minimum absolute atomic E-state index is 0.0988. The van der Waals surface area contributed by atoms with Crippen LogP contribution in [-0.4, -0.2) is 25.3 Å². The van der Waals surface area contributed by atoms with E-state index in [1.54, 1.807) is 9.91 Å². The minimum atomic E-state index is -0.458. The lowest BCUT2D eigenvalue weighted by atomic mass is 9.96. The highest BCUT2D eigenvalue weighted by Gasteiger charge is 2.34. The van der Waals surface area contributed by atoms with Gasteiger partial charge in [0.2, 0.25) is 0 Å². The summed E-state index contributed by atoms with van der Waals surface area (Å²) in [6.45, 7) is 10.2. The number of hydrogen-bond acceptors (Lipinski definition) is 6. The SMILES string of the molecule is CC(C)(C)c1nnn(C(C)(C)N2NC=CN2)n1. The third-order valence-corrected chi connectivity index (χ3v) is 2.61. The lowest BCUT2D eigenvalue weighted by molar-refractivity contribution is -0.0266. The maximum absolute atomic E-state index is 4.44. The van der Waals surface area contributed by atoms with Crippen LogP contribution in [0.25, 0.3) is 0 Å². The molecule has 0 saturated heterocycles. The Labute approximate surface area is 101 Å². The number of rotatable bonds is 2. The molecule has 0 amide bonds. The van der Waals surface area contributed by atoms with Crippen LogP contribution in [0.2, 0.25) is 0 Å². The van der Waals surface area contributed by atoms with Gasteiger partial charge in [0.25, 0.3) is 0 Å². The molecule has 0 spiro atoms. The van der Waals surface area contributed by atoms with E-state index in [2.05, 4.69) is 47.0 Å². The van der Waals surface area contributed by atoms with Crippen LogP contribution >= 0.6 is 0 Å². The summed E-state index contributed by atoms with van der Waals surface area (Å²) >= 11 is 0. The first kappa shape index (κ1) is 11.8. The molecule has 0 fully saturated rings. The second kappa shape index (κ2) is 3.69. The fraction of sp³-hybridized carbons (Fsp3) is 0.700. The van der Waals surface area contributed by atoms with E-state index in [0.29, 0.717) is 0 Å². The summed E-state index contributed by atoms with van der Waals surface area (Å²) in [4.78, 5) is 1.60. The van der Waals surface area contributed by atoms with Gasteiger partial charge in [0.1, 0.15) is 0 Å². The molecule has 0 saturated carbocycles. The Morgan fingerprint density at radius 2 is 1.65 bits per heavy atom. The number of nitrogens with zero attached hydrogens (tertiary/aromatic N) is 5. The molecule has 1 aromatic rings. The third kappa shape index (κ3) is 2.10. The Bertz CT molecular complexity index is 418. The maximum atomic E-state index is 4.44. The molecule has 7 heteroatoms. The number of tetrazole rings is 1. The maximum Gasteiger partial charge on any atom is 0.180 e. The molecule has 0 bridgehead atoms. The van der Waals surface area contributed by atoms with E-state index < -0.39 is 5.66 Å². The molecule has 0 unspecified atom stereocenters. The monoisotopic (exact) mass is 237 g/mol. The van der Waals surface area contributed by atoms with Crippen molar-refractivity contribution in [2.24, 2.45) is 0 Å². The summed E-state index contributed by atoms with van der Waals surface area (Å²) in [7, 11) is 0. The number of nitrogens with one attached hydrogen (secondary N) is 2. The van der Waals surface area contributed by atoms with Gasteiger partial charge in [-0.05, 0) is 19.1 Å². The van der Waals surface area contributed by atoms with E-state index in [4.69, 9.17) is 0 Å². The van der Waals surface area contributed by atoms with Crippen molar-refractivity contribution in [2.45, 2.75) is 45.7 Å². The van der Waals surface area contributed by atoms with E-state index in [0.717, 1.165) is 5.82 Å². The smallest absolute Gasteiger partial charge is 0.180 e. The van der Waals surface area contributed by atoms with Crippen molar-refractivity contribution >= 4 is 0 Å². The summed E-state index contributed by atoms with van der Waals surface area (Å²) < 4.78 is 0. The molecule has 1 aromatic heterocycles. The van der Waals surface area contributed by atoms with Crippen molar-refractivity contribution in [1.82, 2.24) is 36.2 Å². The molecule has 94 valence electrons. The van der Waals surface area contributed by atoms with Crippen LogP contribution in [-0.2, 0) is 11.1 Å². The van der Waals surface area contributed by atoms with Gasteiger partial charge in [0.05, 0.1) is 0 Å². The van der Waals surface area contributed by atoms with Gasteiger partial charge in [0.15, 0.2) is 11.5 Å². The summed E-state index contributed by atoms with van der Waals surface area (Å²) in [6.07, 6.45) is 3.62. The summed E-state index contributed by atoms with van der Waals surface area (Å²) in [6, 6.07) is 0. The molecule has 2 N–H and O–H groups in total. The zero-order valence-electron chi connectivity index (χ0n) is 10.9. The van der Waals surface area contributed by atoms with E-state index >= 15 is 0 Å². The van der Waals surface area contributed by atoms with Gasteiger partial charge in [-0.3, -0.25) is 0 Å². The molecule has 0 radical (unpaired) electrons. The van der Waals surface area contributed by atoms with Crippen molar-refractivity contribution in [3.63, 3.8) is 0 Å². The quantitative estimate of drug-likeness (QED) is 0.778. The molecule has 2 heterocycles. The van der Waals surface area contributed by atoms with Crippen LogP contribution in [0.5, 0.6) is 0 Å². The van der Waals surface area contributed by atoms with Crippen molar-refractivity contribution in [2.75, 3.05) is 0 Å². The topological polar surface area (TPSA) is 70.9 Å². The fourth-order valence-electron chi connectivity index (χ4n) is 1.41. The Hall–Kier alpha value is -1.63. The van der Waals surface area contributed by atoms with E-state index in [9.17, 15) is 0 Å². The summed E-state index contributed by atoms with van der Waals surface area (Å²) in [5.41, 5.74) is 5.56. The Morgan fingerprint density at radius 1 is 1.06 bits per heavy atom. The number of aromatic nitrogens is 4. The largest absolute Gasteiger partial charge is 0.305 e. The molecule has 0 aliphatic carbocycles. The lowest BCUT2D eigenvalue weighted by Crippen LogP contribution is -2.55. The Balaban J connectivity index is 2.24. The standard InChI is InChI=1S/C10H19N7/c1-9(2,3)8-13-15-17(14-8)10(4,5)16-11-6-7-12-16/h6-7,11-12H,1-5H3. The van der Waals surface area contributed by atoms with Crippen LogP contribution in [0.4, 0.5) is 0 Å². The van der Waals surface area contributed by atoms with Crippen LogP contribution in [0.3, 0.4) is 0 Å². The molecule has 7 nitrogen and oxygen atoms in total. The minimum Gasteiger partial charge on any atom is -0.305 e. The highest BCUT2D eigenvalue weighted by atomic mass is 15.8. The zero-order valence-corrected chi connectivity index (χ0v) is 10.9. The van der Waals surface area contributed by atoms with Gasteiger partial charge >= 0.3 is 0 Å². The number of hydrazine groups is 2. The number of hydrogen-bond donors (Lipinski definition) is 2. The average Bonchev–Trinajstić information content (AvgIpc) is 2.89. The van der Waals surface area contributed by atoms with E-state index in [1.165, 1.54) is 0 Å². The van der Waals surface area contributed by atoms with Crippen molar-refractivity contribution in [1.29, 1.82) is 0 Å². The Kier molecular flexibility index (Phi) is 2.57. The lowest BCUT2D eigenvalue weighted by Gasteiger charge is -2.32. The van der Waals surface area contributed by atoms with Crippen LogP contribution in [0.15, 0.2) is 12.4 Å². The molecular formula is C10H19N7. The van der Waals surface area contributed by atoms with Crippen LogP contribution < -0.4 is 10.9 Å². The molecule has 2 rings (SSSR count). The predicted octanol–water partition coefficient (Wildman–Crippen LogP) is 0.459. The highest BCUT2D eigenvalue weighted by Crippen LogP contribution is 2.20. The third-order valence-electron chi connectivity index (χ3n) is 2.61. The highest BCUT2D eigenvalue weighted by molar-refractivity contribution is 4.97. The predicted molar refractivity (Wildman–Crippen MR) is 63.1 cm³/mol. The van der Waals surface area contributed by atoms with Crippen molar-refractivity contribution < 1.29 is 0 Å². The molecular weight excluding hydrogens is 218 g/mol. The zero-order chi connectivity index (χ0) is 12.7. The van der Waals surface area contributed by atoms with Gasteiger partial charge in [-0.15, -0.1) is 20.1 Å². The molecule has 17 heavy (non-hydrogen) atoms.